The summed E-state index contributed by atoms with van der Waals surface area (Å²) in [6.45, 7) is 5.42. The fourth-order valence-corrected chi connectivity index (χ4v) is 2.20. The van der Waals surface area contributed by atoms with Crippen LogP contribution in [0.3, 0.4) is 0 Å². The van der Waals surface area contributed by atoms with Crippen molar-refractivity contribution in [3.8, 4) is 5.75 Å². The van der Waals surface area contributed by atoms with Gasteiger partial charge in [-0.15, -0.1) is 0 Å². The van der Waals surface area contributed by atoms with Crippen LogP contribution in [0.2, 0.25) is 0 Å². The molecule has 1 aromatic carbocycles. The molecule has 0 bridgehead atoms. The molecule has 2 rings (SSSR count). The Bertz CT molecular complexity index is 724. The minimum absolute atomic E-state index is 0.0292. The van der Waals surface area contributed by atoms with Gasteiger partial charge in [-0.3, -0.25) is 0 Å². The first kappa shape index (κ1) is 17.4. The van der Waals surface area contributed by atoms with Gasteiger partial charge < -0.3 is 15.1 Å². The lowest BCUT2D eigenvalue weighted by Crippen LogP contribution is -2.18. The highest BCUT2D eigenvalue weighted by Gasteiger charge is 2.18. The van der Waals surface area contributed by atoms with Gasteiger partial charge in [-0.05, 0) is 45.0 Å². The van der Waals surface area contributed by atoms with Crippen molar-refractivity contribution in [1.29, 1.82) is 0 Å². The summed E-state index contributed by atoms with van der Waals surface area (Å²) in [5, 5.41) is 23.7. The van der Waals surface area contributed by atoms with Crippen molar-refractivity contribution in [2.45, 2.75) is 33.0 Å². The van der Waals surface area contributed by atoms with E-state index in [0.717, 1.165) is 10.0 Å². The first-order valence-electron chi connectivity index (χ1n) is 7.12. The van der Waals surface area contributed by atoms with Crippen molar-refractivity contribution in [3.05, 3.63) is 57.8 Å². The molecule has 1 heterocycles. The van der Waals surface area contributed by atoms with E-state index in [1.165, 1.54) is 6.07 Å². The Labute approximate surface area is 143 Å². The van der Waals surface area contributed by atoms with Crippen LogP contribution in [0.5, 0.6) is 5.75 Å². The summed E-state index contributed by atoms with van der Waals surface area (Å²) in [6, 6.07) is 10.5. The van der Waals surface area contributed by atoms with Gasteiger partial charge in [0.1, 0.15) is 22.8 Å². The molecule has 122 valence electrons. The summed E-state index contributed by atoms with van der Waals surface area (Å²) in [7, 11) is 0. The lowest BCUT2D eigenvalue weighted by molar-refractivity contribution is 0.00111. The molecular weight excluding hydrogens is 360 g/mol. The summed E-state index contributed by atoms with van der Waals surface area (Å²) < 4.78 is 0.872. The van der Waals surface area contributed by atoms with Crippen LogP contribution in [-0.4, -0.2) is 26.5 Å². The quantitative estimate of drug-likeness (QED) is 0.629. The third-order valence-corrected chi connectivity index (χ3v) is 3.32. The first-order chi connectivity index (χ1) is 10.8. The number of aliphatic hydroxyl groups excluding tert-OH is 1. The van der Waals surface area contributed by atoms with Crippen LogP contribution in [0, 0.1) is 0 Å². The average Bonchev–Trinajstić information content (AvgIpc) is 2.48. The molecule has 2 N–H and O–H groups in total. The van der Waals surface area contributed by atoms with E-state index in [1.54, 1.807) is 6.07 Å². The van der Waals surface area contributed by atoms with Crippen molar-refractivity contribution < 1.29 is 15.1 Å². The zero-order valence-electron chi connectivity index (χ0n) is 13.2. The van der Waals surface area contributed by atoms with Crippen molar-refractivity contribution in [2.24, 2.45) is 5.16 Å². The maximum atomic E-state index is 10.2. The average molecular weight is 379 g/mol. The molecule has 0 atom stereocenters. The van der Waals surface area contributed by atoms with Gasteiger partial charge in [-0.2, -0.15) is 0 Å². The van der Waals surface area contributed by atoms with Gasteiger partial charge in [0.05, 0.1) is 12.3 Å². The van der Waals surface area contributed by atoms with Crippen molar-refractivity contribution in [1.82, 2.24) is 4.98 Å². The number of hydrogen-bond donors (Lipinski definition) is 2. The molecule has 0 saturated carbocycles. The van der Waals surface area contributed by atoms with Gasteiger partial charge in [-0.25, -0.2) is 4.98 Å². The molecule has 6 heteroatoms. The molecule has 0 fully saturated rings. The SMILES string of the molecule is CC(C)(C)O/N=C(/c1cccc(Br)c1)c1nc(CO)ccc1O. The van der Waals surface area contributed by atoms with E-state index in [1.807, 2.05) is 45.0 Å². The number of nitrogens with zero attached hydrogens (tertiary/aromatic N) is 2. The molecule has 0 radical (unpaired) electrons. The maximum Gasteiger partial charge on any atom is 0.143 e. The highest BCUT2D eigenvalue weighted by Crippen LogP contribution is 2.23. The Morgan fingerprint density at radius 3 is 2.61 bits per heavy atom. The van der Waals surface area contributed by atoms with Crippen LogP contribution in [0.15, 0.2) is 46.0 Å². The Kier molecular flexibility index (Phi) is 5.38. The van der Waals surface area contributed by atoms with Crippen LogP contribution in [-0.2, 0) is 11.4 Å². The molecule has 0 aliphatic carbocycles. The second-order valence-corrected chi connectivity index (χ2v) is 6.90. The van der Waals surface area contributed by atoms with Crippen LogP contribution < -0.4 is 0 Å². The Hall–Kier alpha value is -1.92. The van der Waals surface area contributed by atoms with Gasteiger partial charge in [-0.1, -0.05) is 33.2 Å². The maximum absolute atomic E-state index is 10.2. The molecule has 23 heavy (non-hydrogen) atoms. The zero-order valence-corrected chi connectivity index (χ0v) is 14.8. The Morgan fingerprint density at radius 1 is 1.26 bits per heavy atom. The molecule has 0 amide bonds. The molecule has 1 aromatic heterocycles. The fraction of sp³-hybridized carbons (Fsp3) is 0.294. The molecule has 0 spiro atoms. The van der Waals surface area contributed by atoms with Gasteiger partial charge in [0.25, 0.3) is 0 Å². The lowest BCUT2D eigenvalue weighted by Gasteiger charge is -2.17. The largest absolute Gasteiger partial charge is 0.506 e. The number of rotatable bonds is 4. The van der Waals surface area contributed by atoms with Crippen LogP contribution >= 0.6 is 15.9 Å². The van der Waals surface area contributed by atoms with E-state index in [2.05, 4.69) is 26.1 Å². The van der Waals surface area contributed by atoms with Gasteiger partial charge >= 0.3 is 0 Å². The third kappa shape index (κ3) is 4.77. The number of halogens is 1. The van der Waals surface area contributed by atoms with Gasteiger partial charge in [0.15, 0.2) is 0 Å². The van der Waals surface area contributed by atoms with Crippen LogP contribution in [0.1, 0.15) is 37.7 Å². The number of hydrogen-bond acceptors (Lipinski definition) is 5. The minimum atomic E-state index is -0.485. The summed E-state index contributed by atoms with van der Waals surface area (Å²) >= 11 is 3.42. The van der Waals surface area contributed by atoms with Gasteiger partial charge in [0.2, 0.25) is 0 Å². The van der Waals surface area contributed by atoms with E-state index in [9.17, 15) is 10.2 Å². The smallest absolute Gasteiger partial charge is 0.143 e. The normalized spacial score (nSPS) is 12.3. The third-order valence-electron chi connectivity index (χ3n) is 2.83. The Balaban J connectivity index is 2.58. The molecule has 0 aliphatic heterocycles. The predicted octanol–water partition coefficient (Wildman–Crippen LogP) is 3.61. The summed E-state index contributed by atoms with van der Waals surface area (Å²) in [5.41, 5.74) is 1.35. The molecular formula is C17H19BrN2O3. The molecule has 5 nitrogen and oxygen atoms in total. The number of benzene rings is 1. The number of aromatic nitrogens is 1. The summed E-state index contributed by atoms with van der Waals surface area (Å²) in [6.07, 6.45) is 0. The zero-order chi connectivity index (χ0) is 17.0. The monoisotopic (exact) mass is 378 g/mol. The van der Waals surface area contributed by atoms with Crippen LogP contribution in [0.4, 0.5) is 0 Å². The van der Waals surface area contributed by atoms with E-state index >= 15 is 0 Å². The van der Waals surface area contributed by atoms with E-state index in [-0.39, 0.29) is 18.1 Å². The number of pyridine rings is 1. The Morgan fingerprint density at radius 2 is 2.00 bits per heavy atom. The van der Waals surface area contributed by atoms with Crippen molar-refractivity contribution in [3.63, 3.8) is 0 Å². The lowest BCUT2D eigenvalue weighted by atomic mass is 10.1. The molecule has 0 aliphatic rings. The first-order valence-corrected chi connectivity index (χ1v) is 7.91. The highest BCUT2D eigenvalue weighted by atomic mass is 79.9. The van der Waals surface area contributed by atoms with Crippen molar-refractivity contribution in [2.75, 3.05) is 0 Å². The molecule has 2 aromatic rings. The molecule has 0 unspecified atom stereocenters. The molecule has 0 saturated heterocycles. The summed E-state index contributed by atoms with van der Waals surface area (Å²) in [4.78, 5) is 9.80. The standard InChI is InChI=1S/C17H19BrN2O3/c1-17(2,3)23-20-15(11-5-4-6-12(18)9-11)16-14(22)8-7-13(10-21)19-16/h4-9,21-22H,10H2,1-3H3/b20-15-. The predicted molar refractivity (Wildman–Crippen MR) is 92.4 cm³/mol. The van der Waals surface area contributed by atoms with E-state index < -0.39 is 5.60 Å². The number of aliphatic hydroxyl groups is 1. The number of aromatic hydroxyl groups is 1. The van der Waals surface area contributed by atoms with Crippen LogP contribution in [0.25, 0.3) is 0 Å². The van der Waals surface area contributed by atoms with E-state index in [0.29, 0.717) is 11.4 Å². The minimum Gasteiger partial charge on any atom is -0.506 e. The van der Waals surface area contributed by atoms with Gasteiger partial charge in [0, 0.05) is 10.0 Å². The summed E-state index contributed by atoms with van der Waals surface area (Å²) in [5.74, 6) is -0.0292. The fourth-order valence-electron chi connectivity index (χ4n) is 1.81. The number of oxime groups is 1. The second kappa shape index (κ2) is 7.10. The highest BCUT2D eigenvalue weighted by molar-refractivity contribution is 9.10. The second-order valence-electron chi connectivity index (χ2n) is 5.98. The van der Waals surface area contributed by atoms with E-state index in [4.69, 9.17) is 4.84 Å². The topological polar surface area (TPSA) is 74.9 Å². The van der Waals surface area contributed by atoms with Crippen molar-refractivity contribution >= 4 is 21.6 Å².